The lowest BCUT2D eigenvalue weighted by Crippen LogP contribution is -2.61. The minimum atomic E-state index is -1.90. The first kappa shape index (κ1) is 57.9. The number of phenolic OH excluding ortho intramolecular Hbond substituents is 1. The van der Waals surface area contributed by atoms with Gasteiger partial charge in [0.2, 0.25) is 70.9 Å². The van der Waals surface area contributed by atoms with Crippen molar-refractivity contribution in [3.63, 3.8) is 0 Å². The number of aromatic hydroxyl groups is 1. The van der Waals surface area contributed by atoms with Crippen LogP contribution < -0.4 is 60.2 Å². The number of aliphatic hydroxyl groups excluding tert-OH is 1. The maximum absolute atomic E-state index is 14.1. The van der Waals surface area contributed by atoms with E-state index in [9.17, 15) is 67.7 Å². The number of carbonyl (C=O) groups excluding carboxylic acids is 12. The summed E-state index contributed by atoms with van der Waals surface area (Å²) in [7, 11) is 0. The number of fused-ring (bicyclic) bond motifs is 1. The predicted molar refractivity (Wildman–Crippen MR) is 250 cm³/mol. The normalized spacial score (nSPS) is 24.6. The molecule has 26 heteroatoms. The van der Waals surface area contributed by atoms with Gasteiger partial charge >= 0.3 is 0 Å². The second-order valence-corrected chi connectivity index (χ2v) is 17.7. The van der Waals surface area contributed by atoms with Gasteiger partial charge in [-0.3, -0.25) is 57.5 Å². The quantitative estimate of drug-likeness (QED) is 0.0580. The molecule has 0 aliphatic carbocycles. The van der Waals surface area contributed by atoms with E-state index in [1.54, 1.807) is 0 Å². The Morgan fingerprint density at radius 2 is 1.07 bits per heavy atom. The van der Waals surface area contributed by atoms with Crippen LogP contribution in [0.1, 0.15) is 109 Å². The number of rotatable bonds is 19. The van der Waals surface area contributed by atoms with E-state index >= 15 is 0 Å². The van der Waals surface area contributed by atoms with Gasteiger partial charge < -0.3 is 75.3 Å². The summed E-state index contributed by atoms with van der Waals surface area (Å²) in [6.45, 7) is 0.919. The second-order valence-electron chi connectivity index (χ2n) is 17.7. The number of aliphatic hydroxyl groups is 1. The molecule has 17 N–H and O–H groups in total. The lowest BCUT2D eigenvalue weighted by atomic mass is 10.0. The molecule has 2 fully saturated rings. The molecule has 0 bridgehead atoms. The molecule has 392 valence electrons. The molecule has 2 heterocycles. The van der Waals surface area contributed by atoms with Gasteiger partial charge in [-0.1, -0.05) is 57.6 Å². The molecule has 12 amide bonds. The third-order valence-electron chi connectivity index (χ3n) is 11.8. The Labute approximate surface area is 409 Å². The second kappa shape index (κ2) is 29.0. The van der Waals surface area contributed by atoms with Gasteiger partial charge in [-0.15, -0.1) is 0 Å². The van der Waals surface area contributed by atoms with E-state index in [0.717, 1.165) is 37.0 Å². The van der Waals surface area contributed by atoms with E-state index in [1.807, 2.05) is 0 Å². The van der Waals surface area contributed by atoms with Gasteiger partial charge in [-0.05, 0) is 43.4 Å². The first-order valence-corrected chi connectivity index (χ1v) is 23.6. The number of hydrogen-bond donors (Lipinski definition) is 13. The Morgan fingerprint density at radius 1 is 0.577 bits per heavy atom. The first-order valence-electron chi connectivity index (χ1n) is 23.6. The molecule has 26 nitrogen and oxygen atoms in total. The lowest BCUT2D eigenvalue weighted by molar-refractivity contribution is -0.143. The zero-order valence-electron chi connectivity index (χ0n) is 39.7. The van der Waals surface area contributed by atoms with Gasteiger partial charge in [0.1, 0.15) is 48.0 Å². The predicted octanol–water partition coefficient (Wildman–Crippen LogP) is -4.64. The van der Waals surface area contributed by atoms with Crippen molar-refractivity contribution in [3.05, 3.63) is 29.8 Å². The minimum Gasteiger partial charge on any atom is -0.508 e. The number of nitrogens with one attached hydrogen (secondary N) is 7. The highest BCUT2D eigenvalue weighted by molar-refractivity contribution is 6.00. The third kappa shape index (κ3) is 19.9. The SMILES string of the molecule is CCCCCCCCC1CC(=O)N[C@@H](CC(N)=O)C(=O)N[C@H](Cc2ccc(O)cc2)C(=O)N[C@@H](CC(N)=O)C(=O)N[C@@H](CCC(N)=O)C(=O)N[C@@H](CO)C(=O)N[C@@H](CC(N)=O)C(=O)N2CCCC2C(=O)N1. The van der Waals surface area contributed by atoms with Crippen molar-refractivity contribution in [2.75, 3.05) is 13.2 Å². The molecule has 71 heavy (non-hydrogen) atoms. The maximum Gasteiger partial charge on any atom is 0.246 e. The highest BCUT2D eigenvalue weighted by atomic mass is 16.3. The van der Waals surface area contributed by atoms with Gasteiger partial charge in [0.25, 0.3) is 0 Å². The molecule has 0 spiro atoms. The molecule has 8 atom stereocenters. The molecule has 1 aromatic rings. The summed E-state index contributed by atoms with van der Waals surface area (Å²) in [5.74, 6) is -12.7. The van der Waals surface area contributed by atoms with Crippen LogP contribution >= 0.6 is 0 Å². The van der Waals surface area contributed by atoms with E-state index < -0.39 is 164 Å². The first-order chi connectivity index (χ1) is 33.6. The largest absolute Gasteiger partial charge is 0.508 e. The molecule has 0 saturated carbocycles. The molecular weight excluding hydrogens is 933 g/mol. The highest BCUT2D eigenvalue weighted by Crippen LogP contribution is 2.21. The number of primary amides is 4. The summed E-state index contributed by atoms with van der Waals surface area (Å²) in [6, 6.07) is -7.39. The van der Waals surface area contributed by atoms with Crippen molar-refractivity contribution in [3.8, 4) is 5.75 Å². The Bertz CT molecular complexity index is 2110. The number of amides is 12. The monoisotopic (exact) mass is 1000 g/mol. The molecule has 1 aromatic carbocycles. The summed E-state index contributed by atoms with van der Waals surface area (Å²) in [5, 5.41) is 36.9. The van der Waals surface area contributed by atoms with E-state index in [1.165, 1.54) is 24.3 Å². The average Bonchev–Trinajstić information content (AvgIpc) is 3.79. The van der Waals surface area contributed by atoms with E-state index in [-0.39, 0.29) is 31.6 Å². The van der Waals surface area contributed by atoms with Crippen LogP contribution in [0.5, 0.6) is 5.75 Å². The van der Waals surface area contributed by atoms with Crippen LogP contribution in [0.25, 0.3) is 0 Å². The number of nitrogens with zero attached hydrogens (tertiary/aromatic N) is 1. The average molecular weight is 1000 g/mol. The smallest absolute Gasteiger partial charge is 0.246 e. The van der Waals surface area contributed by atoms with Gasteiger partial charge in [0, 0.05) is 31.8 Å². The fourth-order valence-corrected chi connectivity index (χ4v) is 8.08. The molecule has 0 radical (unpaired) electrons. The third-order valence-corrected chi connectivity index (χ3v) is 11.8. The lowest BCUT2D eigenvalue weighted by Gasteiger charge is -2.30. The number of nitrogens with two attached hydrogens (primary N) is 4. The molecule has 3 rings (SSSR count). The number of carbonyl (C=O) groups is 12. The van der Waals surface area contributed by atoms with Crippen LogP contribution in [0.15, 0.2) is 24.3 Å². The Hall–Kier alpha value is -7.38. The van der Waals surface area contributed by atoms with Crippen molar-refractivity contribution in [1.82, 2.24) is 42.1 Å². The van der Waals surface area contributed by atoms with Crippen LogP contribution in [-0.2, 0) is 64.0 Å². The van der Waals surface area contributed by atoms with Crippen LogP contribution in [-0.4, -0.2) is 147 Å². The zero-order valence-corrected chi connectivity index (χ0v) is 39.7. The molecule has 2 aliphatic rings. The van der Waals surface area contributed by atoms with E-state index in [2.05, 4.69) is 44.1 Å². The van der Waals surface area contributed by atoms with Crippen molar-refractivity contribution >= 4 is 70.9 Å². The maximum atomic E-state index is 14.1. The van der Waals surface area contributed by atoms with Gasteiger partial charge in [0.05, 0.1) is 25.9 Å². The van der Waals surface area contributed by atoms with Crippen LogP contribution in [0, 0.1) is 0 Å². The van der Waals surface area contributed by atoms with Crippen molar-refractivity contribution in [1.29, 1.82) is 0 Å². The fourth-order valence-electron chi connectivity index (χ4n) is 8.08. The van der Waals surface area contributed by atoms with Crippen LogP contribution in [0.4, 0.5) is 0 Å². The topological polar surface area (TPSA) is 437 Å². The van der Waals surface area contributed by atoms with Crippen LogP contribution in [0.2, 0.25) is 0 Å². The van der Waals surface area contributed by atoms with Crippen molar-refractivity contribution < 1.29 is 67.7 Å². The Kier molecular flexibility index (Phi) is 23.6. The zero-order chi connectivity index (χ0) is 52.8. The molecular formula is C45H68N12O14. The summed E-state index contributed by atoms with van der Waals surface area (Å²) >= 11 is 0. The number of unbranched alkanes of at least 4 members (excludes halogenated alkanes) is 5. The standard InChI is InChI=1S/C45H68N12O14/c1-2-3-4-5-6-7-9-25-19-38(64)51-29(20-35(47)61)41(67)53-28(18-24-11-13-26(59)14-12-24)40(66)54-30(21-36(48)62)42(68)52-27(15-16-34(46)60)39(65)56-32(23-58)43(69)55-31(22-37(49)63)45(71)57-17-8-10-33(57)44(70)50-25/h11-14,25,27-33,58-59H,2-10,15-23H2,1H3,(H2,46,60)(H2,47,61)(H2,48,62)(H2,49,63)(H,50,70)(H,51,64)(H,52,68)(H,53,67)(H,54,66)(H,55,69)(H,56,65)/t25?,27-,28+,29-,30-,31-,32-,33?/m0/s1. The van der Waals surface area contributed by atoms with Gasteiger partial charge in [-0.25, -0.2) is 0 Å². The van der Waals surface area contributed by atoms with Crippen molar-refractivity contribution in [2.45, 2.75) is 158 Å². The van der Waals surface area contributed by atoms with Crippen LogP contribution in [0.3, 0.4) is 0 Å². The number of phenols is 1. The number of benzene rings is 1. The van der Waals surface area contributed by atoms with E-state index in [4.69, 9.17) is 22.9 Å². The Balaban J connectivity index is 2.16. The molecule has 2 aliphatic heterocycles. The minimum absolute atomic E-state index is 0.0161. The summed E-state index contributed by atoms with van der Waals surface area (Å²) in [4.78, 5) is 161. The summed E-state index contributed by atoms with van der Waals surface area (Å²) in [5.41, 5.74) is 22.0. The summed E-state index contributed by atoms with van der Waals surface area (Å²) in [6.07, 6.45) is 1.40. The molecule has 2 saturated heterocycles. The highest BCUT2D eigenvalue weighted by Gasteiger charge is 2.40. The van der Waals surface area contributed by atoms with Gasteiger partial charge in [0.15, 0.2) is 0 Å². The Morgan fingerprint density at radius 3 is 1.66 bits per heavy atom. The van der Waals surface area contributed by atoms with Gasteiger partial charge in [-0.2, -0.15) is 0 Å². The van der Waals surface area contributed by atoms with E-state index in [0.29, 0.717) is 18.4 Å². The van der Waals surface area contributed by atoms with Crippen molar-refractivity contribution in [2.24, 2.45) is 22.9 Å². The fraction of sp³-hybridized carbons (Fsp3) is 0.600. The summed E-state index contributed by atoms with van der Waals surface area (Å²) < 4.78 is 0. The number of hydrogen-bond acceptors (Lipinski definition) is 14. The molecule has 0 aromatic heterocycles. The molecule has 2 unspecified atom stereocenters.